The maximum Gasteiger partial charge on any atom is 0.250 e. The first kappa shape index (κ1) is 20.2. The van der Waals surface area contributed by atoms with Crippen molar-refractivity contribution in [2.75, 3.05) is 56.6 Å². The lowest BCUT2D eigenvalue weighted by Crippen LogP contribution is -2.46. The highest BCUT2D eigenvalue weighted by atomic mass is 16.5. The fourth-order valence-corrected chi connectivity index (χ4v) is 3.98. The molecular formula is C24H27N3O3. The molecule has 1 heterocycles. The molecule has 0 spiro atoms. The van der Waals surface area contributed by atoms with Crippen LogP contribution in [0.1, 0.15) is 6.42 Å². The molecule has 4 rings (SSSR count). The summed E-state index contributed by atoms with van der Waals surface area (Å²) in [5, 5.41) is 3.19. The van der Waals surface area contributed by atoms with Gasteiger partial charge in [-0.25, -0.2) is 0 Å². The molecule has 156 valence electrons. The molecule has 1 aliphatic rings. The van der Waals surface area contributed by atoms with Gasteiger partial charge in [0.15, 0.2) is 0 Å². The van der Waals surface area contributed by atoms with E-state index in [2.05, 4.69) is 27.2 Å². The zero-order valence-electron chi connectivity index (χ0n) is 17.3. The Morgan fingerprint density at radius 2 is 1.60 bits per heavy atom. The molecule has 0 amide bonds. The van der Waals surface area contributed by atoms with E-state index in [4.69, 9.17) is 4.74 Å². The molecule has 0 unspecified atom stereocenters. The Morgan fingerprint density at radius 3 is 2.27 bits per heavy atom. The Morgan fingerprint density at radius 1 is 0.900 bits per heavy atom. The first-order chi connectivity index (χ1) is 14.7. The third kappa shape index (κ3) is 4.24. The van der Waals surface area contributed by atoms with Gasteiger partial charge in [0.2, 0.25) is 10.9 Å². The minimum Gasteiger partial charge on any atom is -0.497 e. The number of nitrogens with one attached hydrogen (secondary N) is 1. The number of methoxy groups -OCH3 is 1. The van der Waals surface area contributed by atoms with Crippen LogP contribution in [0, 0.1) is 0 Å². The van der Waals surface area contributed by atoms with Gasteiger partial charge >= 0.3 is 0 Å². The standard InChI is InChI=1S/C24H27N3O3/c1-30-20-10-8-19(9-11-20)27-16-14-26(15-17-27)13-5-12-25-22-21(23(28)24(22)29)18-6-3-2-4-7-18/h2-4,6-11,25H,5,12-17H2,1H3. The highest BCUT2D eigenvalue weighted by Gasteiger charge is 2.22. The van der Waals surface area contributed by atoms with Crippen LogP contribution in [-0.2, 0) is 0 Å². The highest BCUT2D eigenvalue weighted by molar-refractivity contribution is 5.81. The molecule has 6 heteroatoms. The number of piperazine rings is 1. The van der Waals surface area contributed by atoms with Gasteiger partial charge < -0.3 is 15.0 Å². The second-order valence-corrected chi connectivity index (χ2v) is 7.58. The number of hydrogen-bond donors (Lipinski definition) is 1. The summed E-state index contributed by atoms with van der Waals surface area (Å²) < 4.78 is 5.23. The molecule has 0 aromatic heterocycles. The first-order valence-electron chi connectivity index (χ1n) is 10.4. The molecule has 3 aromatic rings. The van der Waals surface area contributed by atoms with Crippen molar-refractivity contribution in [2.45, 2.75) is 6.42 Å². The van der Waals surface area contributed by atoms with Gasteiger partial charge in [0.25, 0.3) is 0 Å². The largest absolute Gasteiger partial charge is 0.497 e. The van der Waals surface area contributed by atoms with Crippen LogP contribution in [0.4, 0.5) is 11.4 Å². The van der Waals surface area contributed by atoms with Crippen LogP contribution in [0.5, 0.6) is 5.75 Å². The lowest BCUT2D eigenvalue weighted by atomic mass is 9.98. The summed E-state index contributed by atoms with van der Waals surface area (Å²) in [6.45, 7) is 5.68. The van der Waals surface area contributed by atoms with Gasteiger partial charge in [-0.3, -0.25) is 14.5 Å². The molecule has 30 heavy (non-hydrogen) atoms. The Kier molecular flexibility index (Phi) is 6.14. The van der Waals surface area contributed by atoms with E-state index in [9.17, 15) is 9.59 Å². The molecule has 6 nitrogen and oxygen atoms in total. The zero-order chi connectivity index (χ0) is 20.9. The minimum atomic E-state index is -0.401. The second kappa shape index (κ2) is 9.13. The van der Waals surface area contributed by atoms with Crippen molar-refractivity contribution in [2.24, 2.45) is 0 Å². The van der Waals surface area contributed by atoms with Crippen LogP contribution in [0.3, 0.4) is 0 Å². The number of rotatable bonds is 8. The predicted molar refractivity (Wildman–Crippen MR) is 122 cm³/mol. The summed E-state index contributed by atoms with van der Waals surface area (Å²) in [5.74, 6) is 0.877. The fraction of sp³-hybridized carbons (Fsp3) is 0.333. The molecule has 0 atom stereocenters. The van der Waals surface area contributed by atoms with Crippen molar-refractivity contribution >= 4 is 11.4 Å². The SMILES string of the molecule is COc1ccc(N2CCN(CCCNc3c(-c4ccccc4)c(=O)c3=O)CC2)cc1. The molecule has 1 fully saturated rings. The molecule has 0 aliphatic carbocycles. The van der Waals surface area contributed by atoms with Crippen molar-refractivity contribution in [1.82, 2.24) is 4.90 Å². The topological polar surface area (TPSA) is 61.9 Å². The Hall–Kier alpha value is -3.12. The lowest BCUT2D eigenvalue weighted by molar-refractivity contribution is 0.257. The fourth-order valence-electron chi connectivity index (χ4n) is 3.98. The van der Waals surface area contributed by atoms with Crippen molar-refractivity contribution in [3.63, 3.8) is 0 Å². The Labute approximate surface area is 176 Å². The lowest BCUT2D eigenvalue weighted by Gasteiger charge is -2.36. The van der Waals surface area contributed by atoms with E-state index in [1.165, 1.54) is 5.69 Å². The summed E-state index contributed by atoms with van der Waals surface area (Å²) in [6, 6.07) is 17.6. The van der Waals surface area contributed by atoms with E-state index in [0.717, 1.165) is 50.5 Å². The van der Waals surface area contributed by atoms with Gasteiger partial charge in [-0.1, -0.05) is 30.3 Å². The van der Waals surface area contributed by atoms with Gasteiger partial charge in [-0.05, 0) is 42.8 Å². The van der Waals surface area contributed by atoms with Crippen molar-refractivity contribution < 1.29 is 4.74 Å². The summed E-state index contributed by atoms with van der Waals surface area (Å²) in [5.41, 5.74) is 2.23. The molecule has 1 aliphatic heterocycles. The van der Waals surface area contributed by atoms with E-state index in [1.54, 1.807) is 7.11 Å². The number of nitrogens with zero attached hydrogens (tertiary/aromatic N) is 2. The average molecular weight is 405 g/mol. The van der Waals surface area contributed by atoms with Crippen LogP contribution >= 0.6 is 0 Å². The van der Waals surface area contributed by atoms with E-state index in [0.29, 0.717) is 17.8 Å². The summed E-state index contributed by atoms with van der Waals surface area (Å²) in [4.78, 5) is 28.8. The van der Waals surface area contributed by atoms with Crippen molar-refractivity contribution in [3.05, 3.63) is 75.0 Å². The number of benzene rings is 2. The highest BCUT2D eigenvalue weighted by Crippen LogP contribution is 2.23. The van der Waals surface area contributed by atoms with E-state index < -0.39 is 10.9 Å². The van der Waals surface area contributed by atoms with E-state index in [1.807, 2.05) is 42.5 Å². The van der Waals surface area contributed by atoms with Crippen LogP contribution in [-0.4, -0.2) is 51.3 Å². The number of anilines is 2. The molecule has 1 N–H and O–H groups in total. The predicted octanol–water partition coefficient (Wildman–Crippen LogP) is 2.58. The quantitative estimate of drug-likeness (QED) is 0.459. The number of hydrogen-bond acceptors (Lipinski definition) is 6. The molecule has 3 aromatic carbocycles. The summed E-state index contributed by atoms with van der Waals surface area (Å²) >= 11 is 0. The van der Waals surface area contributed by atoms with Gasteiger partial charge in [0.1, 0.15) is 5.75 Å². The van der Waals surface area contributed by atoms with E-state index in [-0.39, 0.29) is 0 Å². The Bertz CT molecular complexity index is 1030. The summed E-state index contributed by atoms with van der Waals surface area (Å²) in [7, 11) is 1.68. The number of ether oxygens (including phenoxy) is 1. The van der Waals surface area contributed by atoms with Crippen molar-refractivity contribution in [1.29, 1.82) is 0 Å². The van der Waals surface area contributed by atoms with Gasteiger partial charge in [-0.15, -0.1) is 0 Å². The third-order valence-corrected chi connectivity index (χ3v) is 5.74. The van der Waals surface area contributed by atoms with Crippen LogP contribution < -0.4 is 25.8 Å². The maximum absolute atomic E-state index is 12.0. The third-order valence-electron chi connectivity index (χ3n) is 5.74. The summed E-state index contributed by atoms with van der Waals surface area (Å²) in [6.07, 6.45) is 0.926. The normalized spacial score (nSPS) is 14.8. The molecule has 0 radical (unpaired) electrons. The van der Waals surface area contributed by atoms with Crippen molar-refractivity contribution in [3.8, 4) is 16.9 Å². The molecule has 0 saturated carbocycles. The van der Waals surface area contributed by atoms with Gasteiger partial charge in [0.05, 0.1) is 18.4 Å². The van der Waals surface area contributed by atoms with Gasteiger partial charge in [-0.2, -0.15) is 0 Å². The minimum absolute atomic E-state index is 0.390. The first-order valence-corrected chi connectivity index (χ1v) is 10.4. The van der Waals surface area contributed by atoms with Crippen LogP contribution in [0.25, 0.3) is 11.1 Å². The smallest absolute Gasteiger partial charge is 0.250 e. The van der Waals surface area contributed by atoms with Crippen LogP contribution in [0.2, 0.25) is 0 Å². The molecule has 0 bridgehead atoms. The van der Waals surface area contributed by atoms with E-state index >= 15 is 0 Å². The molecular weight excluding hydrogens is 378 g/mol. The maximum atomic E-state index is 12.0. The monoisotopic (exact) mass is 405 g/mol. The Balaban J connectivity index is 1.23. The second-order valence-electron chi connectivity index (χ2n) is 7.58. The zero-order valence-corrected chi connectivity index (χ0v) is 17.3. The van der Waals surface area contributed by atoms with Gasteiger partial charge in [0, 0.05) is 38.4 Å². The van der Waals surface area contributed by atoms with Crippen LogP contribution in [0.15, 0.2) is 64.2 Å². The molecule has 1 saturated heterocycles. The average Bonchev–Trinajstić information content (AvgIpc) is 2.81.